The molecule has 1 aromatic rings. The molecule has 2 N–H and O–H groups in total. The molecule has 7 nitrogen and oxygen atoms in total. The van der Waals surface area contributed by atoms with Gasteiger partial charge in [-0.05, 0) is 17.7 Å². The third-order valence-electron chi connectivity index (χ3n) is 2.49. The van der Waals surface area contributed by atoms with Crippen molar-refractivity contribution in [1.29, 1.82) is 0 Å². The number of hydrogen-bond donors (Lipinski definition) is 2. The van der Waals surface area contributed by atoms with Gasteiger partial charge in [-0.25, -0.2) is 9.59 Å². The van der Waals surface area contributed by atoms with Gasteiger partial charge in [-0.2, -0.15) is 0 Å². The number of rotatable bonds is 7. The van der Waals surface area contributed by atoms with Crippen LogP contribution in [0.3, 0.4) is 0 Å². The Kier molecular flexibility index (Phi) is 7.35. The van der Waals surface area contributed by atoms with E-state index in [-0.39, 0.29) is 6.54 Å². The summed E-state index contributed by atoms with van der Waals surface area (Å²) in [5, 5.41) is 4.38. The van der Waals surface area contributed by atoms with E-state index in [9.17, 15) is 14.4 Å². The Hall–Kier alpha value is -2.67. The van der Waals surface area contributed by atoms with Gasteiger partial charge in [-0.15, -0.1) is 6.58 Å². The van der Waals surface area contributed by atoms with Crippen molar-refractivity contribution in [3.05, 3.63) is 48.0 Å². The molecule has 1 aromatic carbocycles. The van der Waals surface area contributed by atoms with E-state index >= 15 is 0 Å². The van der Waals surface area contributed by atoms with Crippen LogP contribution < -0.4 is 10.6 Å². The van der Waals surface area contributed by atoms with E-state index in [1.807, 2.05) is 5.32 Å². The predicted octanol–water partition coefficient (Wildman–Crippen LogP) is 1.00. The second-order valence-corrected chi connectivity index (χ2v) is 4.25. The third kappa shape index (κ3) is 6.19. The first kappa shape index (κ1) is 17.4. The van der Waals surface area contributed by atoms with Crippen molar-refractivity contribution in [2.45, 2.75) is 6.61 Å². The number of nitrogens with one attached hydrogen (secondary N) is 2. The number of benzene rings is 1. The quantitative estimate of drug-likeness (QED) is 0.579. The first-order chi connectivity index (χ1) is 10.6. The molecule has 7 heteroatoms. The van der Waals surface area contributed by atoms with Gasteiger partial charge in [0, 0.05) is 13.7 Å². The molecule has 0 radical (unpaired) electrons. The number of methoxy groups -OCH3 is 1. The zero-order valence-corrected chi connectivity index (χ0v) is 12.3. The molecule has 0 atom stereocenters. The molecule has 0 unspecified atom stereocenters. The first-order valence-electron chi connectivity index (χ1n) is 6.50. The summed E-state index contributed by atoms with van der Waals surface area (Å²) in [5.41, 5.74) is 1.22. The molecule has 0 fully saturated rings. The maximum atomic E-state index is 11.7. The van der Waals surface area contributed by atoms with Crippen molar-refractivity contribution in [2.24, 2.45) is 0 Å². The summed E-state index contributed by atoms with van der Waals surface area (Å²) in [7, 11) is 1.58. The van der Waals surface area contributed by atoms with E-state index in [2.05, 4.69) is 11.9 Å². The van der Waals surface area contributed by atoms with Crippen LogP contribution in [0.15, 0.2) is 36.9 Å². The fourth-order valence-electron chi connectivity index (χ4n) is 1.49. The van der Waals surface area contributed by atoms with Crippen LogP contribution in [0.4, 0.5) is 4.79 Å². The van der Waals surface area contributed by atoms with E-state index in [1.54, 1.807) is 31.4 Å². The Labute approximate surface area is 128 Å². The maximum absolute atomic E-state index is 11.7. The molecule has 0 saturated heterocycles. The zero-order chi connectivity index (χ0) is 16.4. The van der Waals surface area contributed by atoms with Crippen LogP contribution in [0.25, 0.3) is 0 Å². The van der Waals surface area contributed by atoms with Gasteiger partial charge in [0.15, 0.2) is 6.61 Å². The van der Waals surface area contributed by atoms with Gasteiger partial charge in [-0.1, -0.05) is 18.2 Å². The molecule has 0 saturated carbocycles. The van der Waals surface area contributed by atoms with Gasteiger partial charge in [0.1, 0.15) is 0 Å². The molecule has 118 valence electrons. The molecule has 0 aliphatic heterocycles. The van der Waals surface area contributed by atoms with E-state index in [1.165, 1.54) is 6.08 Å². The van der Waals surface area contributed by atoms with E-state index < -0.39 is 24.5 Å². The highest BCUT2D eigenvalue weighted by Gasteiger charge is 2.12. The highest BCUT2D eigenvalue weighted by Crippen LogP contribution is 2.06. The molecule has 0 aliphatic carbocycles. The minimum Gasteiger partial charge on any atom is -0.452 e. The largest absolute Gasteiger partial charge is 0.452 e. The Morgan fingerprint density at radius 1 is 1.23 bits per heavy atom. The summed E-state index contributed by atoms with van der Waals surface area (Å²) in [6.07, 6.45) is 1.47. The second-order valence-electron chi connectivity index (χ2n) is 4.25. The Balaban J connectivity index is 2.40. The normalized spacial score (nSPS) is 9.68. The average molecular weight is 306 g/mol. The number of carbonyl (C=O) groups is 3. The summed E-state index contributed by atoms with van der Waals surface area (Å²) < 4.78 is 9.77. The van der Waals surface area contributed by atoms with Crippen LogP contribution in [0.5, 0.6) is 0 Å². The van der Waals surface area contributed by atoms with Crippen LogP contribution in [0.2, 0.25) is 0 Å². The number of imide groups is 1. The van der Waals surface area contributed by atoms with Crippen LogP contribution in [-0.4, -0.2) is 38.2 Å². The van der Waals surface area contributed by atoms with Gasteiger partial charge >= 0.3 is 12.0 Å². The summed E-state index contributed by atoms with van der Waals surface area (Å²) >= 11 is 0. The number of carbonyl (C=O) groups excluding carboxylic acids is 3. The highest BCUT2D eigenvalue weighted by molar-refractivity contribution is 5.97. The molecule has 0 aliphatic rings. The lowest BCUT2D eigenvalue weighted by atomic mass is 10.1. The average Bonchev–Trinajstić information content (AvgIpc) is 2.51. The van der Waals surface area contributed by atoms with Gasteiger partial charge in [0.25, 0.3) is 5.91 Å². The predicted molar refractivity (Wildman–Crippen MR) is 79.2 cm³/mol. The van der Waals surface area contributed by atoms with Crippen molar-refractivity contribution in [3.8, 4) is 0 Å². The van der Waals surface area contributed by atoms with Crippen LogP contribution in [0.1, 0.15) is 15.9 Å². The molecule has 0 aromatic heterocycles. The third-order valence-corrected chi connectivity index (χ3v) is 2.49. The summed E-state index contributed by atoms with van der Waals surface area (Å²) in [4.78, 5) is 34.3. The Morgan fingerprint density at radius 2 is 1.91 bits per heavy atom. The monoisotopic (exact) mass is 306 g/mol. The molecule has 0 spiro atoms. The number of urea groups is 1. The van der Waals surface area contributed by atoms with Crippen molar-refractivity contribution >= 4 is 17.9 Å². The van der Waals surface area contributed by atoms with Gasteiger partial charge in [0.05, 0.1) is 12.2 Å². The lowest BCUT2D eigenvalue weighted by Gasteiger charge is -2.07. The molecular weight excluding hydrogens is 288 g/mol. The van der Waals surface area contributed by atoms with Crippen molar-refractivity contribution in [1.82, 2.24) is 10.6 Å². The van der Waals surface area contributed by atoms with Gasteiger partial charge in [0.2, 0.25) is 0 Å². The minimum atomic E-state index is -0.717. The fraction of sp³-hybridized carbons (Fsp3) is 0.267. The SMILES string of the molecule is C=CCNC(=O)NC(=O)COC(=O)c1ccc(COC)cc1. The van der Waals surface area contributed by atoms with Gasteiger partial charge in [-0.3, -0.25) is 10.1 Å². The molecular formula is C15H18N2O5. The van der Waals surface area contributed by atoms with E-state index in [4.69, 9.17) is 9.47 Å². The summed E-state index contributed by atoms with van der Waals surface area (Å²) in [6.45, 7) is 3.55. The fourth-order valence-corrected chi connectivity index (χ4v) is 1.49. The van der Waals surface area contributed by atoms with E-state index in [0.29, 0.717) is 12.2 Å². The number of ether oxygens (including phenoxy) is 2. The zero-order valence-electron chi connectivity index (χ0n) is 12.3. The maximum Gasteiger partial charge on any atom is 0.338 e. The van der Waals surface area contributed by atoms with E-state index in [0.717, 1.165) is 5.56 Å². The Bertz CT molecular complexity index is 539. The number of esters is 1. The number of amides is 3. The smallest absolute Gasteiger partial charge is 0.338 e. The Morgan fingerprint density at radius 3 is 2.50 bits per heavy atom. The molecule has 3 amide bonds. The van der Waals surface area contributed by atoms with Gasteiger partial charge < -0.3 is 14.8 Å². The second kappa shape index (κ2) is 9.30. The molecule has 1 rings (SSSR count). The first-order valence-corrected chi connectivity index (χ1v) is 6.50. The van der Waals surface area contributed by atoms with Crippen molar-refractivity contribution < 1.29 is 23.9 Å². The topological polar surface area (TPSA) is 93.7 Å². The molecule has 0 bridgehead atoms. The molecule has 0 heterocycles. The van der Waals surface area contributed by atoms with Crippen molar-refractivity contribution in [3.63, 3.8) is 0 Å². The van der Waals surface area contributed by atoms with Crippen LogP contribution in [0, 0.1) is 0 Å². The van der Waals surface area contributed by atoms with Crippen molar-refractivity contribution in [2.75, 3.05) is 20.3 Å². The molecule has 22 heavy (non-hydrogen) atoms. The van der Waals surface area contributed by atoms with Crippen LogP contribution in [-0.2, 0) is 20.9 Å². The number of hydrogen-bond acceptors (Lipinski definition) is 5. The highest BCUT2D eigenvalue weighted by atomic mass is 16.5. The standard InChI is InChI=1S/C15H18N2O5/c1-3-8-16-15(20)17-13(18)10-22-14(19)12-6-4-11(5-7-12)9-21-2/h3-7H,1,8-10H2,2H3,(H2,16,17,18,20). The lowest BCUT2D eigenvalue weighted by molar-refractivity contribution is -0.123. The summed E-state index contributed by atoms with van der Waals surface area (Å²) in [5.74, 6) is -1.36. The van der Waals surface area contributed by atoms with Crippen LogP contribution >= 0.6 is 0 Å². The lowest BCUT2D eigenvalue weighted by Crippen LogP contribution is -2.41. The minimum absolute atomic E-state index is 0.229. The summed E-state index contributed by atoms with van der Waals surface area (Å²) in [6, 6.07) is 5.92.